The Labute approximate surface area is 127 Å². The molecule has 1 heterocycles. The Hall–Kier alpha value is -1.24. The van der Waals surface area contributed by atoms with Gasteiger partial charge < -0.3 is 0 Å². The molecule has 6 heteroatoms. The number of hydrogen-bond acceptors (Lipinski definition) is 3. The summed E-state index contributed by atoms with van der Waals surface area (Å²) in [5.41, 5.74) is 2.05. The Kier molecular flexibility index (Phi) is 5.28. The van der Waals surface area contributed by atoms with Gasteiger partial charge in [-0.05, 0) is 35.7 Å². The Bertz CT molecular complexity index is 643. The maximum Gasteiger partial charge on any atom is 0.240 e. The minimum absolute atomic E-state index is 0.286. The van der Waals surface area contributed by atoms with Gasteiger partial charge in [-0.2, -0.15) is 0 Å². The van der Waals surface area contributed by atoms with Crippen LogP contribution in [0.3, 0.4) is 0 Å². The smallest absolute Gasteiger partial charge is 0.240 e. The minimum Gasteiger partial charge on any atom is -0.264 e. The van der Waals surface area contributed by atoms with Gasteiger partial charge in [0.25, 0.3) is 0 Å². The number of pyridine rings is 1. The molecule has 0 bridgehead atoms. The van der Waals surface area contributed by atoms with E-state index < -0.39 is 10.0 Å². The number of aromatic nitrogens is 1. The average Bonchev–Trinajstić information content (AvgIpc) is 2.48. The highest BCUT2D eigenvalue weighted by molar-refractivity contribution is 9.08. The van der Waals surface area contributed by atoms with E-state index in [2.05, 4.69) is 25.6 Å². The predicted molar refractivity (Wildman–Crippen MR) is 82.2 cm³/mol. The molecule has 1 aromatic heterocycles. The van der Waals surface area contributed by atoms with Crippen LogP contribution >= 0.6 is 15.9 Å². The lowest BCUT2D eigenvalue weighted by Crippen LogP contribution is -2.26. The fraction of sp³-hybridized carbons (Fsp3) is 0.214. The van der Waals surface area contributed by atoms with Crippen molar-refractivity contribution in [2.75, 3.05) is 6.54 Å². The van der Waals surface area contributed by atoms with Crippen molar-refractivity contribution in [3.05, 3.63) is 59.9 Å². The van der Waals surface area contributed by atoms with Crippen LogP contribution < -0.4 is 4.72 Å². The molecule has 0 saturated heterocycles. The number of rotatable bonds is 6. The predicted octanol–water partition coefficient (Wildman–Crippen LogP) is 2.50. The summed E-state index contributed by atoms with van der Waals surface area (Å²) in [4.78, 5) is 4.28. The molecule has 0 unspecified atom stereocenters. The Morgan fingerprint density at radius 2 is 1.85 bits per heavy atom. The largest absolute Gasteiger partial charge is 0.264 e. The lowest BCUT2D eigenvalue weighted by Gasteiger charge is -2.07. The monoisotopic (exact) mass is 354 g/mol. The molecule has 20 heavy (non-hydrogen) atoms. The number of hydrogen-bond donors (Lipinski definition) is 1. The van der Waals surface area contributed by atoms with Crippen LogP contribution in [-0.2, 0) is 21.8 Å². The summed E-state index contributed by atoms with van der Waals surface area (Å²) in [7, 11) is -3.44. The molecule has 0 atom stereocenters. The molecule has 0 fully saturated rings. The highest BCUT2D eigenvalue weighted by atomic mass is 79.9. The van der Waals surface area contributed by atoms with Crippen molar-refractivity contribution in [3.8, 4) is 0 Å². The van der Waals surface area contributed by atoms with Gasteiger partial charge in [0.1, 0.15) is 0 Å². The van der Waals surface area contributed by atoms with Crippen molar-refractivity contribution in [3.63, 3.8) is 0 Å². The second kappa shape index (κ2) is 6.97. The summed E-state index contributed by atoms with van der Waals surface area (Å²) < 4.78 is 26.8. The maximum atomic E-state index is 12.1. The molecule has 1 aromatic carbocycles. The first-order chi connectivity index (χ1) is 9.62. The number of benzene rings is 1. The van der Waals surface area contributed by atoms with Crippen molar-refractivity contribution in [2.45, 2.75) is 16.6 Å². The summed E-state index contributed by atoms with van der Waals surface area (Å²) in [6.07, 6.45) is 4.05. The molecule has 0 amide bonds. The lowest BCUT2D eigenvalue weighted by atomic mass is 10.2. The number of halogens is 1. The van der Waals surface area contributed by atoms with E-state index in [1.165, 1.54) is 0 Å². The summed E-state index contributed by atoms with van der Waals surface area (Å²) in [5.74, 6) is 0. The van der Waals surface area contributed by atoms with E-state index in [1.54, 1.807) is 36.7 Å². The highest BCUT2D eigenvalue weighted by Gasteiger charge is 2.12. The van der Waals surface area contributed by atoms with Crippen molar-refractivity contribution < 1.29 is 8.42 Å². The Balaban J connectivity index is 1.96. The normalized spacial score (nSPS) is 11.4. The topological polar surface area (TPSA) is 59.1 Å². The van der Waals surface area contributed by atoms with Gasteiger partial charge in [-0.25, -0.2) is 13.1 Å². The van der Waals surface area contributed by atoms with Gasteiger partial charge in [0, 0.05) is 24.3 Å². The van der Waals surface area contributed by atoms with Crippen LogP contribution in [0.25, 0.3) is 0 Å². The van der Waals surface area contributed by atoms with Gasteiger partial charge in [0.05, 0.1) is 4.90 Å². The van der Waals surface area contributed by atoms with E-state index in [-0.39, 0.29) is 4.90 Å². The second-order valence-corrected chi connectivity index (χ2v) is 6.61. The van der Waals surface area contributed by atoms with Crippen molar-refractivity contribution in [1.82, 2.24) is 9.71 Å². The van der Waals surface area contributed by atoms with E-state index >= 15 is 0 Å². The minimum atomic E-state index is -3.44. The zero-order valence-electron chi connectivity index (χ0n) is 10.8. The van der Waals surface area contributed by atoms with Gasteiger partial charge >= 0.3 is 0 Å². The van der Waals surface area contributed by atoms with Crippen LogP contribution in [0.15, 0.2) is 53.7 Å². The number of nitrogens with one attached hydrogen (secondary N) is 1. The molecule has 0 saturated carbocycles. The van der Waals surface area contributed by atoms with E-state index in [4.69, 9.17) is 0 Å². The quantitative estimate of drug-likeness (QED) is 0.810. The molecule has 106 valence electrons. The van der Waals surface area contributed by atoms with E-state index in [0.717, 1.165) is 11.1 Å². The highest BCUT2D eigenvalue weighted by Crippen LogP contribution is 2.12. The SMILES string of the molecule is O=S(=O)(NCCc1cccnc1)c1ccc(CBr)cc1. The van der Waals surface area contributed by atoms with Crippen molar-refractivity contribution in [1.29, 1.82) is 0 Å². The van der Waals surface area contributed by atoms with E-state index in [1.807, 2.05) is 12.1 Å². The molecule has 1 N–H and O–H groups in total. The molecular weight excluding hydrogens is 340 g/mol. The maximum absolute atomic E-state index is 12.1. The van der Waals surface area contributed by atoms with Gasteiger partial charge in [0.15, 0.2) is 0 Å². The molecule has 0 spiro atoms. The first-order valence-corrected chi connectivity index (χ1v) is 8.76. The molecule has 2 rings (SSSR count). The van der Waals surface area contributed by atoms with Crippen molar-refractivity contribution in [2.24, 2.45) is 0 Å². The van der Waals surface area contributed by atoms with Crippen LogP contribution in [0, 0.1) is 0 Å². The zero-order valence-corrected chi connectivity index (χ0v) is 13.2. The van der Waals surface area contributed by atoms with E-state index in [9.17, 15) is 8.42 Å². The third-order valence-electron chi connectivity index (χ3n) is 2.82. The zero-order chi connectivity index (χ0) is 14.4. The van der Waals surface area contributed by atoms with Crippen LogP contribution in [-0.4, -0.2) is 19.9 Å². The summed E-state index contributed by atoms with van der Waals surface area (Å²) in [5, 5.41) is 0.710. The van der Waals surface area contributed by atoms with Crippen LogP contribution in [0.4, 0.5) is 0 Å². The standard InChI is InChI=1S/C14H15BrN2O2S/c15-10-12-3-5-14(6-4-12)20(18,19)17-9-7-13-2-1-8-16-11-13/h1-6,8,11,17H,7,9-10H2. The molecular formula is C14H15BrN2O2S. The summed E-state index contributed by atoms with van der Waals surface area (Å²) >= 11 is 3.33. The second-order valence-electron chi connectivity index (χ2n) is 4.29. The first kappa shape index (κ1) is 15.2. The van der Waals surface area contributed by atoms with E-state index in [0.29, 0.717) is 18.3 Å². The lowest BCUT2D eigenvalue weighted by molar-refractivity contribution is 0.581. The van der Waals surface area contributed by atoms with Crippen molar-refractivity contribution >= 4 is 26.0 Å². The Morgan fingerprint density at radius 3 is 2.45 bits per heavy atom. The molecule has 2 aromatic rings. The number of nitrogens with zero attached hydrogens (tertiary/aromatic N) is 1. The average molecular weight is 355 g/mol. The molecule has 0 aliphatic heterocycles. The molecule has 4 nitrogen and oxygen atoms in total. The van der Waals surface area contributed by atoms with Crippen LogP contribution in [0.2, 0.25) is 0 Å². The van der Waals surface area contributed by atoms with Gasteiger partial charge in [-0.1, -0.05) is 34.1 Å². The Morgan fingerprint density at radius 1 is 1.10 bits per heavy atom. The summed E-state index contributed by atoms with van der Waals surface area (Å²) in [6, 6.07) is 10.6. The number of sulfonamides is 1. The molecule has 0 aliphatic rings. The van der Waals surface area contributed by atoms with Gasteiger partial charge in [-0.15, -0.1) is 0 Å². The summed E-state index contributed by atoms with van der Waals surface area (Å²) in [6.45, 7) is 0.355. The van der Waals surface area contributed by atoms with Gasteiger partial charge in [-0.3, -0.25) is 4.98 Å². The third-order valence-corrected chi connectivity index (χ3v) is 4.94. The third kappa shape index (κ3) is 4.13. The number of alkyl halides is 1. The fourth-order valence-corrected chi connectivity index (χ4v) is 3.12. The molecule has 0 radical (unpaired) electrons. The van der Waals surface area contributed by atoms with Crippen LogP contribution in [0.5, 0.6) is 0 Å². The van der Waals surface area contributed by atoms with Crippen LogP contribution in [0.1, 0.15) is 11.1 Å². The first-order valence-electron chi connectivity index (χ1n) is 6.15. The fourth-order valence-electron chi connectivity index (χ4n) is 1.72. The van der Waals surface area contributed by atoms with Gasteiger partial charge in [0.2, 0.25) is 10.0 Å². The molecule has 0 aliphatic carbocycles.